The first kappa shape index (κ1) is 31.8. The molecular formula is C30H40N8O4. The fourth-order valence-corrected chi connectivity index (χ4v) is 4.41. The second-order valence-corrected chi connectivity index (χ2v) is 10.4. The van der Waals surface area contributed by atoms with Crippen LogP contribution in [0.15, 0.2) is 48.8 Å². The molecule has 0 radical (unpaired) electrons. The summed E-state index contributed by atoms with van der Waals surface area (Å²) in [7, 11) is 9.15. The topological polar surface area (TPSA) is 131 Å². The van der Waals surface area contributed by atoms with Crippen LogP contribution >= 0.6 is 0 Å². The van der Waals surface area contributed by atoms with Crippen molar-refractivity contribution in [3.05, 3.63) is 58.9 Å². The van der Waals surface area contributed by atoms with Crippen LogP contribution in [-0.4, -0.2) is 71.6 Å². The average Bonchev–Trinajstić information content (AvgIpc) is 3.28. The lowest BCUT2D eigenvalue weighted by atomic mass is 10.1. The molecule has 42 heavy (non-hydrogen) atoms. The number of nitro groups is 1. The first-order valence-electron chi connectivity index (χ1n) is 13.2. The van der Waals surface area contributed by atoms with Crippen LogP contribution in [-0.2, 0) is 11.8 Å². The Morgan fingerprint density at radius 1 is 1.14 bits per heavy atom. The Morgan fingerprint density at radius 2 is 1.86 bits per heavy atom. The van der Waals surface area contributed by atoms with Crippen molar-refractivity contribution in [1.82, 2.24) is 19.4 Å². The maximum Gasteiger partial charge on any atom is 0.294 e. The van der Waals surface area contributed by atoms with Gasteiger partial charge in [0.25, 0.3) is 5.69 Å². The molecule has 12 heteroatoms. The number of carbonyl (C=O) groups excluding carboxylic acids is 1. The number of fused-ring (bicyclic) bond motifs is 1. The summed E-state index contributed by atoms with van der Waals surface area (Å²) in [5.41, 5.74) is 3.48. The molecule has 2 aromatic carbocycles. The van der Waals surface area contributed by atoms with Crippen LogP contribution in [0.4, 0.5) is 28.7 Å². The Labute approximate surface area is 246 Å². The highest BCUT2D eigenvalue weighted by atomic mass is 16.6. The van der Waals surface area contributed by atoms with Crippen LogP contribution in [0.25, 0.3) is 22.2 Å². The number of nitrogens with zero attached hydrogens (tertiary/aromatic N) is 6. The maximum atomic E-state index is 12.6. The molecule has 224 valence electrons. The Balaban J connectivity index is 0.00000484. The Bertz CT molecular complexity index is 1580. The summed E-state index contributed by atoms with van der Waals surface area (Å²) in [6, 6.07) is 11.0. The molecule has 2 aromatic heterocycles. The van der Waals surface area contributed by atoms with Crippen molar-refractivity contribution >= 4 is 45.5 Å². The molecule has 0 bridgehead atoms. The number of carbonyl (C=O) groups is 1. The Morgan fingerprint density at radius 3 is 2.50 bits per heavy atom. The van der Waals surface area contributed by atoms with Gasteiger partial charge in [-0.3, -0.25) is 14.9 Å². The molecule has 0 fully saturated rings. The molecule has 0 aliphatic rings. The van der Waals surface area contributed by atoms with E-state index >= 15 is 0 Å². The summed E-state index contributed by atoms with van der Waals surface area (Å²) in [6.07, 6.45) is 3.49. The third kappa shape index (κ3) is 6.77. The molecular weight excluding hydrogens is 536 g/mol. The quantitative estimate of drug-likeness (QED) is 0.175. The molecule has 0 aliphatic heterocycles. The van der Waals surface area contributed by atoms with Crippen LogP contribution in [0.3, 0.4) is 0 Å². The first-order chi connectivity index (χ1) is 19.5. The number of anilines is 4. The van der Waals surface area contributed by atoms with Gasteiger partial charge in [-0.15, -0.1) is 0 Å². The molecule has 4 aromatic rings. The molecule has 0 unspecified atom stereocenters. The van der Waals surface area contributed by atoms with E-state index < -0.39 is 4.92 Å². The third-order valence-electron chi connectivity index (χ3n) is 6.76. The summed E-state index contributed by atoms with van der Waals surface area (Å²) in [6.45, 7) is 4.93. The number of rotatable bonds is 11. The van der Waals surface area contributed by atoms with Gasteiger partial charge in [0.05, 0.1) is 29.6 Å². The number of aromatic nitrogens is 3. The highest BCUT2D eigenvalue weighted by Crippen LogP contribution is 2.40. The maximum absolute atomic E-state index is 12.6. The van der Waals surface area contributed by atoms with E-state index in [-0.39, 0.29) is 30.9 Å². The summed E-state index contributed by atoms with van der Waals surface area (Å²) < 4.78 is 7.60. The van der Waals surface area contributed by atoms with Gasteiger partial charge in [-0.1, -0.05) is 39.5 Å². The number of likely N-dealkylation sites (N-methyl/N-ethyl adjacent to an activating group) is 2. The van der Waals surface area contributed by atoms with Crippen LogP contribution < -0.4 is 20.3 Å². The molecule has 4 rings (SSSR count). The number of hydrogen-bond donors (Lipinski definition) is 2. The van der Waals surface area contributed by atoms with Gasteiger partial charge in [-0.05, 0) is 20.2 Å². The number of para-hydroxylation sites is 1. The van der Waals surface area contributed by atoms with Crippen molar-refractivity contribution < 1.29 is 14.5 Å². The van der Waals surface area contributed by atoms with E-state index in [9.17, 15) is 14.9 Å². The lowest BCUT2D eigenvalue weighted by Crippen LogP contribution is -2.29. The fourth-order valence-electron chi connectivity index (χ4n) is 4.41. The molecule has 2 N–H and O–H groups in total. The van der Waals surface area contributed by atoms with E-state index in [1.165, 1.54) is 19.4 Å². The minimum Gasteiger partial charge on any atom is -0.494 e. The number of nitrogens with one attached hydrogen (secondary N) is 2. The Hall–Kier alpha value is -4.71. The van der Waals surface area contributed by atoms with Gasteiger partial charge >= 0.3 is 0 Å². The van der Waals surface area contributed by atoms with Crippen molar-refractivity contribution in [3.8, 4) is 17.0 Å². The molecule has 12 nitrogen and oxygen atoms in total. The molecule has 0 spiro atoms. The third-order valence-corrected chi connectivity index (χ3v) is 6.76. The number of nitro benzene ring substituents is 1. The van der Waals surface area contributed by atoms with Crippen molar-refractivity contribution in [2.75, 3.05) is 56.9 Å². The van der Waals surface area contributed by atoms with E-state index in [1.807, 2.05) is 86.9 Å². The first-order valence-corrected chi connectivity index (χ1v) is 13.2. The van der Waals surface area contributed by atoms with Crippen molar-refractivity contribution in [2.45, 2.75) is 21.3 Å². The summed E-state index contributed by atoms with van der Waals surface area (Å²) in [5.74, 6) is 0.181. The van der Waals surface area contributed by atoms with Crippen molar-refractivity contribution in [3.63, 3.8) is 0 Å². The van der Waals surface area contributed by atoms with Gasteiger partial charge < -0.3 is 29.7 Å². The van der Waals surface area contributed by atoms with Gasteiger partial charge in [-0.25, -0.2) is 9.97 Å². The van der Waals surface area contributed by atoms with E-state index in [2.05, 4.69) is 15.6 Å². The summed E-state index contributed by atoms with van der Waals surface area (Å²) in [5, 5.41) is 19.1. The van der Waals surface area contributed by atoms with Crippen LogP contribution in [0.1, 0.15) is 21.3 Å². The normalized spacial score (nSPS) is 11.0. The largest absolute Gasteiger partial charge is 0.494 e. The summed E-state index contributed by atoms with van der Waals surface area (Å²) >= 11 is 0. The zero-order chi connectivity index (χ0) is 29.8. The van der Waals surface area contributed by atoms with E-state index in [4.69, 9.17) is 9.72 Å². The number of hydrogen-bond acceptors (Lipinski definition) is 9. The smallest absolute Gasteiger partial charge is 0.294 e. The molecule has 1 amide bonds. The van der Waals surface area contributed by atoms with Crippen LogP contribution in [0, 0.1) is 16.0 Å². The monoisotopic (exact) mass is 576 g/mol. The SMILES string of the molecule is C.COc1cc(N(C)CCN(C)C)c([N+](=O)[O-])cc1Nc1ncc(NC(=O)C(C)C)c(-c2cn(C)c3ccccc23)n1. The lowest BCUT2D eigenvalue weighted by Gasteiger charge is -2.23. The predicted molar refractivity (Wildman–Crippen MR) is 169 cm³/mol. The molecule has 0 saturated carbocycles. The second kappa shape index (κ2) is 13.3. The van der Waals surface area contributed by atoms with E-state index in [1.54, 1.807) is 6.07 Å². The second-order valence-electron chi connectivity index (χ2n) is 10.4. The standard InChI is InChI=1S/C29H36N8O4.CH4/c1-18(2)28(38)31-22-16-30-29(33-27(22)20-17-36(6)23-11-9-8-10-19(20)23)32-21-14-25(37(39)40)24(15-26(21)41-7)35(5)13-12-34(3)4;/h8-11,14-18H,12-13H2,1-7H3,(H,31,38)(H,30,32,33);1H4. The zero-order valence-corrected chi connectivity index (χ0v) is 24.4. The zero-order valence-electron chi connectivity index (χ0n) is 24.4. The van der Waals surface area contributed by atoms with Gasteiger partial charge in [0, 0.05) is 67.9 Å². The highest BCUT2D eigenvalue weighted by Gasteiger charge is 2.23. The van der Waals surface area contributed by atoms with Gasteiger partial charge in [-0.2, -0.15) is 0 Å². The molecule has 0 saturated heterocycles. The van der Waals surface area contributed by atoms with Gasteiger partial charge in [0.1, 0.15) is 17.1 Å². The van der Waals surface area contributed by atoms with Crippen LogP contribution in [0.5, 0.6) is 5.75 Å². The lowest BCUT2D eigenvalue weighted by molar-refractivity contribution is -0.384. The number of amides is 1. The van der Waals surface area contributed by atoms with E-state index in [0.717, 1.165) is 23.0 Å². The molecule has 0 aliphatic carbocycles. The van der Waals surface area contributed by atoms with Gasteiger partial charge in [0.2, 0.25) is 11.9 Å². The Kier molecular flexibility index (Phi) is 10.1. The minimum atomic E-state index is -0.418. The molecule has 0 atom stereocenters. The summed E-state index contributed by atoms with van der Waals surface area (Å²) in [4.78, 5) is 37.3. The average molecular weight is 577 g/mol. The number of methoxy groups -OCH3 is 1. The minimum absolute atomic E-state index is 0. The van der Waals surface area contributed by atoms with E-state index in [0.29, 0.717) is 35.1 Å². The van der Waals surface area contributed by atoms with Gasteiger partial charge in [0.15, 0.2) is 0 Å². The van der Waals surface area contributed by atoms with Crippen molar-refractivity contribution in [1.29, 1.82) is 0 Å². The number of aryl methyl sites for hydroxylation is 1. The molecule has 2 heterocycles. The predicted octanol–water partition coefficient (Wildman–Crippen LogP) is 5.52. The highest BCUT2D eigenvalue weighted by molar-refractivity contribution is 6.02. The fraction of sp³-hybridized carbons (Fsp3) is 0.367. The number of benzene rings is 2. The van der Waals surface area contributed by atoms with Crippen molar-refractivity contribution in [2.24, 2.45) is 13.0 Å². The number of ether oxygens (including phenoxy) is 1. The van der Waals surface area contributed by atoms with Crippen LogP contribution in [0.2, 0.25) is 0 Å².